The van der Waals surface area contributed by atoms with E-state index in [2.05, 4.69) is 16.0 Å². The van der Waals surface area contributed by atoms with E-state index in [-0.39, 0.29) is 6.09 Å². The topological polar surface area (TPSA) is 81.4 Å². The van der Waals surface area contributed by atoms with E-state index in [9.17, 15) is 10.1 Å². The summed E-state index contributed by atoms with van der Waals surface area (Å²) < 4.78 is 11.0. The molecule has 1 aliphatic rings. The molecule has 1 aromatic carbocycles. The number of anilines is 1. The average molecular weight is 387 g/mol. The summed E-state index contributed by atoms with van der Waals surface area (Å²) in [4.78, 5) is 22.2. The van der Waals surface area contributed by atoms with Crippen LogP contribution in [0.3, 0.4) is 0 Å². The third kappa shape index (κ3) is 5.28. The molecule has 1 aromatic rings. The number of aliphatic imine (C=N–C) groups is 1. The standard InChI is InChI=1S/C20H29N5O3/c1-20(2,3)28-19(26)25-11-9-24(10-12-25)17-8-7-16(22-14-23(4)5)15(13-21)18(17)27-6/h7-8,14H,9-12H2,1-6H3. The molecule has 0 saturated carbocycles. The second-order valence-corrected chi connectivity index (χ2v) is 7.79. The zero-order chi connectivity index (χ0) is 20.9. The van der Waals surface area contributed by atoms with E-state index >= 15 is 0 Å². The summed E-state index contributed by atoms with van der Waals surface area (Å²) in [5.41, 5.74) is 1.27. The van der Waals surface area contributed by atoms with Crippen molar-refractivity contribution in [3.63, 3.8) is 0 Å². The lowest BCUT2D eigenvalue weighted by atomic mass is 10.1. The maximum absolute atomic E-state index is 12.2. The third-order valence-electron chi connectivity index (χ3n) is 4.13. The van der Waals surface area contributed by atoms with Gasteiger partial charge in [0.25, 0.3) is 0 Å². The van der Waals surface area contributed by atoms with Crippen LogP contribution >= 0.6 is 0 Å². The Labute approximate surface area is 166 Å². The van der Waals surface area contributed by atoms with Crippen LogP contribution in [0, 0.1) is 11.3 Å². The number of nitriles is 1. The number of piperazine rings is 1. The van der Waals surface area contributed by atoms with Gasteiger partial charge in [-0.05, 0) is 32.9 Å². The van der Waals surface area contributed by atoms with Crippen molar-refractivity contribution in [2.24, 2.45) is 4.99 Å². The second kappa shape index (κ2) is 8.83. The minimum absolute atomic E-state index is 0.301. The minimum atomic E-state index is -0.512. The lowest BCUT2D eigenvalue weighted by molar-refractivity contribution is 0.0240. The first-order valence-electron chi connectivity index (χ1n) is 9.21. The normalized spacial score (nSPS) is 14.8. The lowest BCUT2D eigenvalue weighted by Crippen LogP contribution is -2.50. The quantitative estimate of drug-likeness (QED) is 0.584. The molecule has 0 unspecified atom stereocenters. The molecule has 8 nitrogen and oxygen atoms in total. The summed E-state index contributed by atoms with van der Waals surface area (Å²) in [5, 5.41) is 9.64. The smallest absolute Gasteiger partial charge is 0.410 e. The van der Waals surface area contributed by atoms with Crippen molar-refractivity contribution in [1.29, 1.82) is 5.26 Å². The highest BCUT2D eigenvalue weighted by atomic mass is 16.6. The molecule has 0 radical (unpaired) electrons. The van der Waals surface area contributed by atoms with E-state index in [0.717, 1.165) is 5.69 Å². The molecule has 0 atom stereocenters. The molecule has 2 rings (SSSR count). The van der Waals surface area contributed by atoms with Crippen LogP contribution in [0.5, 0.6) is 5.75 Å². The highest BCUT2D eigenvalue weighted by Gasteiger charge is 2.27. The number of nitrogens with zero attached hydrogens (tertiary/aromatic N) is 5. The molecular formula is C20H29N5O3. The number of benzene rings is 1. The molecule has 1 heterocycles. The number of carbonyl (C=O) groups is 1. The number of ether oxygens (including phenoxy) is 2. The van der Waals surface area contributed by atoms with Gasteiger partial charge in [0.05, 0.1) is 24.8 Å². The van der Waals surface area contributed by atoms with Gasteiger partial charge < -0.3 is 24.2 Å². The molecule has 0 spiro atoms. The van der Waals surface area contributed by atoms with Gasteiger partial charge in [-0.1, -0.05) is 0 Å². The number of hydrogen-bond donors (Lipinski definition) is 0. The first kappa shape index (κ1) is 21.4. The Balaban J connectivity index is 2.19. The van der Waals surface area contributed by atoms with E-state index in [1.807, 2.05) is 47.0 Å². The van der Waals surface area contributed by atoms with E-state index in [0.29, 0.717) is 43.2 Å². The fourth-order valence-corrected chi connectivity index (χ4v) is 2.87. The van der Waals surface area contributed by atoms with Crippen LogP contribution in [0.1, 0.15) is 26.3 Å². The summed E-state index contributed by atoms with van der Waals surface area (Å²) >= 11 is 0. The van der Waals surface area contributed by atoms with E-state index < -0.39 is 5.60 Å². The zero-order valence-electron chi connectivity index (χ0n) is 17.5. The summed E-state index contributed by atoms with van der Waals surface area (Å²) in [5.74, 6) is 0.502. The SMILES string of the molecule is COc1c(N2CCN(C(=O)OC(C)(C)C)CC2)ccc(N=CN(C)C)c1C#N. The molecule has 8 heteroatoms. The fraction of sp³-hybridized carbons (Fsp3) is 0.550. The van der Waals surface area contributed by atoms with Gasteiger partial charge in [-0.25, -0.2) is 9.79 Å². The number of rotatable bonds is 4. The highest BCUT2D eigenvalue weighted by molar-refractivity contribution is 5.76. The molecular weight excluding hydrogens is 358 g/mol. The Morgan fingerprint density at radius 2 is 1.89 bits per heavy atom. The van der Waals surface area contributed by atoms with Crippen LogP contribution < -0.4 is 9.64 Å². The van der Waals surface area contributed by atoms with Gasteiger partial charge in [0.1, 0.15) is 17.2 Å². The number of hydrogen-bond acceptors (Lipinski definition) is 6. The predicted octanol–water partition coefficient (Wildman–Crippen LogP) is 2.85. The van der Waals surface area contributed by atoms with Crippen molar-refractivity contribution in [3.05, 3.63) is 17.7 Å². The summed E-state index contributed by atoms with van der Waals surface area (Å²) in [6.07, 6.45) is 1.35. The number of carbonyl (C=O) groups excluding carboxylic acids is 1. The van der Waals surface area contributed by atoms with Gasteiger partial charge in [0, 0.05) is 40.3 Å². The first-order chi connectivity index (χ1) is 13.2. The van der Waals surface area contributed by atoms with Crippen molar-refractivity contribution in [2.45, 2.75) is 26.4 Å². The van der Waals surface area contributed by atoms with E-state index in [1.165, 1.54) is 0 Å². The predicted molar refractivity (Wildman–Crippen MR) is 110 cm³/mol. The molecule has 1 saturated heterocycles. The number of amides is 1. The Hall–Kier alpha value is -2.95. The van der Waals surface area contributed by atoms with Gasteiger partial charge in [0.15, 0.2) is 5.75 Å². The van der Waals surface area contributed by atoms with Crippen LogP contribution in [0.25, 0.3) is 0 Å². The second-order valence-electron chi connectivity index (χ2n) is 7.79. The first-order valence-corrected chi connectivity index (χ1v) is 9.21. The van der Waals surface area contributed by atoms with Gasteiger partial charge >= 0.3 is 6.09 Å². The van der Waals surface area contributed by atoms with Gasteiger partial charge in [0.2, 0.25) is 0 Å². The van der Waals surface area contributed by atoms with Crippen LogP contribution in [0.15, 0.2) is 17.1 Å². The van der Waals surface area contributed by atoms with Crippen molar-refractivity contribution in [1.82, 2.24) is 9.80 Å². The van der Waals surface area contributed by atoms with Crippen LogP contribution in [-0.4, -0.2) is 75.2 Å². The minimum Gasteiger partial charge on any atom is -0.493 e. The Morgan fingerprint density at radius 1 is 1.25 bits per heavy atom. The molecule has 1 fully saturated rings. The zero-order valence-corrected chi connectivity index (χ0v) is 17.5. The third-order valence-corrected chi connectivity index (χ3v) is 4.13. The molecule has 28 heavy (non-hydrogen) atoms. The molecule has 1 amide bonds. The maximum Gasteiger partial charge on any atom is 0.410 e. The lowest BCUT2D eigenvalue weighted by Gasteiger charge is -2.37. The van der Waals surface area contributed by atoms with Crippen molar-refractivity contribution < 1.29 is 14.3 Å². The molecule has 1 aliphatic heterocycles. The summed E-state index contributed by atoms with van der Waals surface area (Å²) in [7, 11) is 5.28. The molecule has 0 aliphatic carbocycles. The van der Waals surface area contributed by atoms with Crippen molar-refractivity contribution in [3.8, 4) is 11.8 Å². The summed E-state index contributed by atoms with van der Waals surface area (Å²) in [6.45, 7) is 7.91. The monoisotopic (exact) mass is 387 g/mol. The Bertz CT molecular complexity index is 769. The van der Waals surface area contributed by atoms with Crippen molar-refractivity contribution >= 4 is 23.8 Å². The Morgan fingerprint density at radius 3 is 2.39 bits per heavy atom. The van der Waals surface area contributed by atoms with Crippen LogP contribution in [-0.2, 0) is 4.74 Å². The van der Waals surface area contributed by atoms with Gasteiger partial charge in [-0.2, -0.15) is 5.26 Å². The number of methoxy groups -OCH3 is 1. The van der Waals surface area contributed by atoms with E-state index in [1.54, 1.807) is 23.2 Å². The van der Waals surface area contributed by atoms with Crippen LogP contribution in [0.2, 0.25) is 0 Å². The van der Waals surface area contributed by atoms with E-state index in [4.69, 9.17) is 9.47 Å². The van der Waals surface area contributed by atoms with Crippen LogP contribution in [0.4, 0.5) is 16.2 Å². The largest absolute Gasteiger partial charge is 0.493 e. The maximum atomic E-state index is 12.2. The van der Waals surface area contributed by atoms with Gasteiger partial charge in [-0.3, -0.25) is 0 Å². The fourth-order valence-electron chi connectivity index (χ4n) is 2.87. The Kier molecular flexibility index (Phi) is 6.73. The molecule has 0 N–H and O–H groups in total. The molecule has 152 valence electrons. The molecule has 0 bridgehead atoms. The van der Waals surface area contributed by atoms with Crippen molar-refractivity contribution in [2.75, 3.05) is 52.3 Å². The molecule has 0 aromatic heterocycles. The summed E-state index contributed by atoms with van der Waals surface area (Å²) in [6, 6.07) is 5.93. The highest BCUT2D eigenvalue weighted by Crippen LogP contribution is 2.38. The van der Waals surface area contributed by atoms with Gasteiger partial charge in [-0.15, -0.1) is 0 Å². The average Bonchev–Trinajstić information content (AvgIpc) is 2.64.